The Kier molecular flexibility index (Phi) is 8.45. The Morgan fingerprint density at radius 2 is 1.69 bits per heavy atom. The molecule has 2 aromatic carbocycles. The number of nitrogens with zero attached hydrogens (tertiary/aromatic N) is 2. The maximum absolute atomic E-state index is 10.9. The number of carbonyl (C=O) groups is 1. The number of benzene rings is 2. The summed E-state index contributed by atoms with van der Waals surface area (Å²) in [5.74, 6) is 6.96. The van der Waals surface area contributed by atoms with Crippen molar-refractivity contribution in [3.05, 3.63) is 53.1 Å². The van der Waals surface area contributed by atoms with E-state index in [0.29, 0.717) is 12.2 Å². The molecule has 0 bridgehead atoms. The molecule has 0 saturated carbocycles. The van der Waals surface area contributed by atoms with Crippen molar-refractivity contribution in [1.82, 2.24) is 4.90 Å². The highest BCUT2D eigenvalue weighted by Gasteiger charge is 2.18. The second kappa shape index (κ2) is 10.8. The molecule has 0 radical (unpaired) electrons. The molecule has 4 N–H and O–H groups in total. The monoisotopic (exact) mass is 400 g/mol. The summed E-state index contributed by atoms with van der Waals surface area (Å²) in [4.78, 5) is 13.3. The van der Waals surface area contributed by atoms with Crippen molar-refractivity contribution >= 4 is 11.6 Å². The molecule has 1 heterocycles. The highest BCUT2D eigenvalue weighted by atomic mass is 16.5. The lowest BCUT2D eigenvalue weighted by Crippen LogP contribution is -2.35. The molecule has 0 spiro atoms. The van der Waals surface area contributed by atoms with Gasteiger partial charge in [-0.25, -0.2) is 10.9 Å². The summed E-state index contributed by atoms with van der Waals surface area (Å²) >= 11 is 0. The van der Waals surface area contributed by atoms with Crippen molar-refractivity contribution in [3.63, 3.8) is 0 Å². The Morgan fingerprint density at radius 3 is 2.17 bits per heavy atom. The number of nitrogens with two attached hydrogens (primary N) is 2. The zero-order valence-electron chi connectivity index (χ0n) is 17.8. The van der Waals surface area contributed by atoms with Crippen LogP contribution in [0.4, 0.5) is 5.69 Å². The summed E-state index contributed by atoms with van der Waals surface area (Å²) in [5, 5.41) is 1.10. The number of ether oxygens (including phenoxy) is 2. The van der Waals surface area contributed by atoms with Gasteiger partial charge in [-0.1, -0.05) is 19.1 Å². The molecule has 0 aromatic heterocycles. The van der Waals surface area contributed by atoms with E-state index in [9.17, 15) is 4.79 Å². The van der Waals surface area contributed by atoms with Gasteiger partial charge in [0.05, 0.1) is 19.9 Å². The molecular weight excluding hydrogens is 368 g/mol. The summed E-state index contributed by atoms with van der Waals surface area (Å²) in [6.45, 7) is 7.37. The first-order valence-electron chi connectivity index (χ1n) is 9.74. The van der Waals surface area contributed by atoms with E-state index in [-0.39, 0.29) is 5.91 Å². The Hall–Kier alpha value is -2.61. The van der Waals surface area contributed by atoms with E-state index in [1.54, 1.807) is 26.4 Å². The van der Waals surface area contributed by atoms with Crippen molar-refractivity contribution in [2.75, 3.05) is 32.3 Å². The Balaban J connectivity index is 0.000000212. The van der Waals surface area contributed by atoms with Gasteiger partial charge < -0.3 is 15.2 Å². The number of rotatable bonds is 5. The molecular formula is C22H32N4O3. The van der Waals surface area contributed by atoms with Gasteiger partial charge in [-0.3, -0.25) is 9.69 Å². The summed E-state index contributed by atoms with van der Waals surface area (Å²) < 4.78 is 10.6. The number of hydrogen-bond donors (Lipinski definition) is 2. The number of likely N-dealkylation sites (N-methyl/N-ethyl adjacent to an activating group) is 1. The highest BCUT2D eigenvalue weighted by molar-refractivity contribution is 5.90. The first-order valence-corrected chi connectivity index (χ1v) is 9.74. The van der Waals surface area contributed by atoms with Gasteiger partial charge in [-0.05, 0) is 53.9 Å². The van der Waals surface area contributed by atoms with Gasteiger partial charge in [0, 0.05) is 26.6 Å². The molecule has 29 heavy (non-hydrogen) atoms. The summed E-state index contributed by atoms with van der Waals surface area (Å²) in [7, 11) is 3.37. The third-order valence-corrected chi connectivity index (χ3v) is 5.03. The van der Waals surface area contributed by atoms with Crippen LogP contribution in [0.1, 0.15) is 30.5 Å². The van der Waals surface area contributed by atoms with Gasteiger partial charge in [0.2, 0.25) is 5.91 Å². The Labute approximate surface area is 173 Å². The SMILES string of the molecule is CC(=O)N(N)c1ccc(CN)cc1.CCN1CCc2cc(OC)c(OC)cc2C1. The lowest BCUT2D eigenvalue weighted by Gasteiger charge is -2.28. The van der Waals surface area contributed by atoms with Crippen LogP contribution in [0.15, 0.2) is 36.4 Å². The maximum Gasteiger partial charge on any atom is 0.238 e. The van der Waals surface area contributed by atoms with Crippen LogP contribution in [0, 0.1) is 0 Å². The quantitative estimate of drug-likeness (QED) is 0.455. The fourth-order valence-corrected chi connectivity index (χ4v) is 3.19. The molecule has 2 aromatic rings. The highest BCUT2D eigenvalue weighted by Crippen LogP contribution is 2.33. The molecule has 0 saturated heterocycles. The molecule has 0 atom stereocenters. The largest absolute Gasteiger partial charge is 0.493 e. The van der Waals surface area contributed by atoms with Crippen molar-refractivity contribution in [1.29, 1.82) is 0 Å². The van der Waals surface area contributed by atoms with Crippen molar-refractivity contribution in [2.45, 2.75) is 33.4 Å². The van der Waals surface area contributed by atoms with Gasteiger partial charge in [0.25, 0.3) is 0 Å². The zero-order chi connectivity index (χ0) is 21.4. The van der Waals surface area contributed by atoms with Gasteiger partial charge in [0.1, 0.15) is 0 Å². The van der Waals surface area contributed by atoms with E-state index in [0.717, 1.165) is 48.1 Å². The van der Waals surface area contributed by atoms with Crippen LogP contribution < -0.4 is 26.1 Å². The standard InChI is InChI=1S/C13H19NO2.C9H13N3O/c1-4-14-6-5-10-7-12(15-2)13(16-3)8-11(10)9-14;1-7(13)12(11)9-4-2-8(6-10)3-5-9/h7-8H,4-6,9H2,1-3H3;2-5H,6,10-11H2,1H3. The van der Waals surface area contributed by atoms with E-state index < -0.39 is 0 Å². The van der Waals surface area contributed by atoms with Gasteiger partial charge in [-0.15, -0.1) is 0 Å². The minimum absolute atomic E-state index is 0.194. The molecule has 1 amide bonds. The molecule has 0 fully saturated rings. The van der Waals surface area contributed by atoms with Gasteiger partial charge in [0.15, 0.2) is 11.5 Å². The number of anilines is 1. The molecule has 7 heteroatoms. The lowest BCUT2D eigenvalue weighted by atomic mass is 9.99. The molecule has 7 nitrogen and oxygen atoms in total. The maximum atomic E-state index is 10.9. The van der Waals surface area contributed by atoms with E-state index >= 15 is 0 Å². The molecule has 158 valence electrons. The average Bonchev–Trinajstić information content (AvgIpc) is 2.77. The lowest BCUT2D eigenvalue weighted by molar-refractivity contribution is -0.116. The summed E-state index contributed by atoms with van der Waals surface area (Å²) in [6, 6.07) is 11.4. The van der Waals surface area contributed by atoms with E-state index in [1.807, 2.05) is 12.1 Å². The second-order valence-corrected chi connectivity index (χ2v) is 6.85. The number of methoxy groups -OCH3 is 2. The Morgan fingerprint density at radius 1 is 1.10 bits per heavy atom. The summed E-state index contributed by atoms with van der Waals surface area (Å²) in [6.07, 6.45) is 1.10. The smallest absolute Gasteiger partial charge is 0.238 e. The third-order valence-electron chi connectivity index (χ3n) is 5.03. The number of hydrogen-bond acceptors (Lipinski definition) is 6. The van der Waals surface area contributed by atoms with E-state index in [4.69, 9.17) is 21.1 Å². The van der Waals surface area contributed by atoms with E-state index in [1.165, 1.54) is 18.1 Å². The predicted molar refractivity (Wildman–Crippen MR) is 116 cm³/mol. The molecule has 0 unspecified atom stereocenters. The molecule has 0 aliphatic carbocycles. The predicted octanol–water partition coefficient (Wildman–Crippen LogP) is 2.45. The van der Waals surface area contributed by atoms with Gasteiger partial charge in [-0.2, -0.15) is 0 Å². The van der Waals surface area contributed by atoms with Crippen molar-refractivity contribution in [2.24, 2.45) is 11.6 Å². The van der Waals surface area contributed by atoms with Crippen LogP contribution in [0.25, 0.3) is 0 Å². The minimum atomic E-state index is -0.194. The van der Waals surface area contributed by atoms with Crippen LogP contribution in [-0.4, -0.2) is 38.1 Å². The van der Waals surface area contributed by atoms with Crippen molar-refractivity contribution < 1.29 is 14.3 Å². The topological polar surface area (TPSA) is 94.0 Å². The van der Waals surface area contributed by atoms with Crippen LogP contribution in [0.5, 0.6) is 11.5 Å². The fourth-order valence-electron chi connectivity index (χ4n) is 3.19. The number of fused-ring (bicyclic) bond motifs is 1. The van der Waals surface area contributed by atoms with Gasteiger partial charge >= 0.3 is 0 Å². The number of hydrazine groups is 1. The van der Waals surface area contributed by atoms with E-state index in [2.05, 4.69) is 24.0 Å². The molecule has 1 aliphatic rings. The first kappa shape index (κ1) is 22.7. The zero-order valence-corrected chi connectivity index (χ0v) is 17.8. The summed E-state index contributed by atoms with van der Waals surface area (Å²) in [5.41, 5.74) is 9.87. The molecule has 1 aliphatic heterocycles. The van der Waals surface area contributed by atoms with Crippen LogP contribution in [-0.2, 0) is 24.3 Å². The average molecular weight is 401 g/mol. The molecule has 3 rings (SSSR count). The third kappa shape index (κ3) is 5.93. The van der Waals surface area contributed by atoms with Crippen LogP contribution in [0.3, 0.4) is 0 Å². The second-order valence-electron chi connectivity index (χ2n) is 6.85. The first-order chi connectivity index (χ1) is 13.9. The van der Waals surface area contributed by atoms with Crippen LogP contribution in [0.2, 0.25) is 0 Å². The normalized spacial score (nSPS) is 13.0. The fraction of sp³-hybridized carbons (Fsp3) is 0.409. The minimum Gasteiger partial charge on any atom is -0.493 e. The number of amides is 1. The van der Waals surface area contributed by atoms with Crippen LogP contribution >= 0.6 is 0 Å². The van der Waals surface area contributed by atoms with Crippen molar-refractivity contribution in [3.8, 4) is 11.5 Å². The number of carbonyl (C=O) groups excluding carboxylic acids is 1. The Bertz CT molecular complexity index is 808.